The zero-order valence-electron chi connectivity index (χ0n) is 16.3. The normalized spacial score (nSPS) is 17.6. The summed E-state index contributed by atoms with van der Waals surface area (Å²) in [5, 5.41) is 6.49. The fourth-order valence-electron chi connectivity index (χ4n) is 4.37. The minimum Gasteiger partial charge on any atom is -0.497 e. The second kappa shape index (κ2) is 7.00. The molecule has 1 spiro atoms. The number of hydrogen-bond donors (Lipinski definition) is 3. The van der Waals surface area contributed by atoms with E-state index in [2.05, 4.69) is 20.6 Å². The first-order valence-electron chi connectivity index (χ1n) is 9.89. The van der Waals surface area contributed by atoms with Gasteiger partial charge in [-0.25, -0.2) is 9.97 Å². The third-order valence-corrected chi connectivity index (χ3v) is 6.00. The van der Waals surface area contributed by atoms with Crippen molar-refractivity contribution in [1.82, 2.24) is 25.6 Å². The first-order valence-corrected chi connectivity index (χ1v) is 9.89. The molecular weight excluding hydrogens is 366 g/mol. The van der Waals surface area contributed by atoms with Gasteiger partial charge in [-0.1, -0.05) is 12.1 Å². The van der Waals surface area contributed by atoms with Crippen LogP contribution >= 0.6 is 0 Å². The lowest BCUT2D eigenvalue weighted by molar-refractivity contribution is 0.0913. The number of rotatable bonds is 3. The summed E-state index contributed by atoms with van der Waals surface area (Å²) >= 11 is 0. The third-order valence-electron chi connectivity index (χ3n) is 6.00. The monoisotopic (exact) mass is 389 g/mol. The van der Waals surface area contributed by atoms with Crippen molar-refractivity contribution in [1.29, 1.82) is 0 Å². The third kappa shape index (κ3) is 3.07. The predicted octanol–water partition coefficient (Wildman–Crippen LogP) is 2.51. The summed E-state index contributed by atoms with van der Waals surface area (Å²) in [6.45, 7) is 2.59. The Morgan fingerprint density at radius 1 is 1.14 bits per heavy atom. The van der Waals surface area contributed by atoms with Gasteiger partial charge in [-0.05, 0) is 50.2 Å². The molecule has 1 saturated heterocycles. The van der Waals surface area contributed by atoms with Crippen molar-refractivity contribution in [3.8, 4) is 28.5 Å². The molecule has 2 aromatic heterocycles. The summed E-state index contributed by atoms with van der Waals surface area (Å²) in [6, 6.07) is 11.5. The zero-order valence-corrected chi connectivity index (χ0v) is 16.3. The summed E-state index contributed by atoms with van der Waals surface area (Å²) in [5.74, 6) is 1.36. The largest absolute Gasteiger partial charge is 0.497 e. The molecule has 3 aromatic rings. The van der Waals surface area contributed by atoms with Crippen LogP contribution in [0.4, 0.5) is 0 Å². The fraction of sp³-hybridized carbons (Fsp3) is 0.318. The van der Waals surface area contributed by atoms with Crippen molar-refractivity contribution in [2.75, 3.05) is 26.7 Å². The number of benzene rings is 1. The number of fused-ring (bicyclic) bond motifs is 2. The molecule has 7 heteroatoms. The Bertz CT molecular complexity index is 1070. The Morgan fingerprint density at radius 2 is 2.00 bits per heavy atom. The summed E-state index contributed by atoms with van der Waals surface area (Å²) in [5.41, 5.74) is 4.24. The Kier molecular flexibility index (Phi) is 4.32. The summed E-state index contributed by atoms with van der Waals surface area (Å²) in [7, 11) is 1.64. The number of H-pyrrole nitrogens is 1. The second-order valence-corrected chi connectivity index (χ2v) is 7.68. The highest BCUT2D eigenvalue weighted by Crippen LogP contribution is 2.39. The van der Waals surface area contributed by atoms with Crippen LogP contribution in [0.1, 0.15) is 28.9 Å². The molecule has 0 bridgehead atoms. The minimum absolute atomic E-state index is 0.0197. The molecule has 0 atom stereocenters. The minimum atomic E-state index is -0.0323. The van der Waals surface area contributed by atoms with Gasteiger partial charge in [0.2, 0.25) is 0 Å². The number of carbonyl (C=O) groups excluding carboxylic acids is 1. The van der Waals surface area contributed by atoms with Crippen molar-refractivity contribution < 1.29 is 9.53 Å². The first kappa shape index (κ1) is 17.9. The van der Waals surface area contributed by atoms with Crippen molar-refractivity contribution in [3.05, 3.63) is 53.9 Å². The molecule has 1 fully saturated rings. The van der Waals surface area contributed by atoms with E-state index in [1.807, 2.05) is 36.4 Å². The molecule has 0 unspecified atom stereocenters. The van der Waals surface area contributed by atoms with Crippen LogP contribution < -0.4 is 15.4 Å². The van der Waals surface area contributed by atoms with E-state index >= 15 is 0 Å². The topological polar surface area (TPSA) is 91.9 Å². The second-order valence-electron chi connectivity index (χ2n) is 7.68. The van der Waals surface area contributed by atoms with Gasteiger partial charge in [0.25, 0.3) is 5.91 Å². The highest BCUT2D eigenvalue weighted by Gasteiger charge is 2.42. The van der Waals surface area contributed by atoms with Crippen molar-refractivity contribution in [3.63, 3.8) is 0 Å². The number of nitrogens with zero attached hydrogens (tertiary/aromatic N) is 2. The van der Waals surface area contributed by atoms with Crippen molar-refractivity contribution in [2.45, 2.75) is 18.3 Å². The van der Waals surface area contributed by atoms with Gasteiger partial charge in [-0.2, -0.15) is 0 Å². The lowest BCUT2D eigenvalue weighted by Gasteiger charge is -2.40. The molecule has 1 aromatic carbocycles. The van der Waals surface area contributed by atoms with Crippen LogP contribution in [0, 0.1) is 0 Å². The van der Waals surface area contributed by atoms with E-state index in [-0.39, 0.29) is 11.3 Å². The molecule has 0 aliphatic carbocycles. The average molecular weight is 389 g/mol. The van der Waals surface area contributed by atoms with Gasteiger partial charge in [-0.15, -0.1) is 0 Å². The molecule has 4 heterocycles. The Labute approximate surface area is 168 Å². The van der Waals surface area contributed by atoms with E-state index in [1.54, 1.807) is 13.3 Å². The van der Waals surface area contributed by atoms with Crippen LogP contribution in [-0.4, -0.2) is 47.6 Å². The molecule has 2 aliphatic rings. The van der Waals surface area contributed by atoms with E-state index in [1.165, 1.54) is 0 Å². The number of carbonyl (C=O) groups is 1. The molecular formula is C22H23N5O2. The van der Waals surface area contributed by atoms with Gasteiger partial charge in [0, 0.05) is 29.4 Å². The molecule has 2 aliphatic heterocycles. The maximum atomic E-state index is 12.5. The smallest absolute Gasteiger partial charge is 0.253 e. The highest BCUT2D eigenvalue weighted by molar-refractivity contribution is 5.98. The molecule has 0 saturated carbocycles. The number of hydrogen-bond acceptors (Lipinski definition) is 5. The number of ether oxygens (including phenoxy) is 1. The molecule has 7 nitrogen and oxygen atoms in total. The first-order chi connectivity index (χ1) is 14.2. The van der Waals surface area contributed by atoms with E-state index in [0.29, 0.717) is 12.4 Å². The lowest BCUT2D eigenvalue weighted by Crippen LogP contribution is -2.51. The number of methoxy groups -OCH3 is 1. The van der Waals surface area contributed by atoms with Crippen LogP contribution in [0.25, 0.3) is 22.8 Å². The van der Waals surface area contributed by atoms with Crippen LogP contribution in [0.3, 0.4) is 0 Å². The van der Waals surface area contributed by atoms with E-state index in [0.717, 1.165) is 59.9 Å². The lowest BCUT2D eigenvalue weighted by atomic mass is 9.73. The van der Waals surface area contributed by atoms with Crippen molar-refractivity contribution >= 4 is 5.91 Å². The number of amides is 1. The van der Waals surface area contributed by atoms with E-state index in [9.17, 15) is 4.79 Å². The number of aromatic amines is 1. The molecule has 0 radical (unpaired) electrons. The molecule has 29 heavy (non-hydrogen) atoms. The number of piperidine rings is 1. The standard InChI is InChI=1S/C22H23N5O2/c1-29-15-4-2-3-14(11-15)20-24-8-5-17(27-20)18-12-16-19(26-18)22(13-25-21(16)28)6-9-23-10-7-22/h2-5,8,11-12,23,26H,6-7,9-10,13H2,1H3,(H,25,28). The van der Waals surface area contributed by atoms with E-state index in [4.69, 9.17) is 9.72 Å². The number of nitrogens with one attached hydrogen (secondary N) is 3. The van der Waals surface area contributed by atoms with Gasteiger partial charge in [0.15, 0.2) is 5.82 Å². The van der Waals surface area contributed by atoms with Gasteiger partial charge in [-0.3, -0.25) is 4.79 Å². The predicted molar refractivity (Wildman–Crippen MR) is 110 cm³/mol. The SMILES string of the molecule is COc1cccc(-c2nccc(-c3cc4c([nH]3)C3(CCNCC3)CNC4=O)n2)c1. The van der Waals surface area contributed by atoms with Crippen molar-refractivity contribution in [2.24, 2.45) is 0 Å². The molecule has 148 valence electrons. The zero-order chi connectivity index (χ0) is 19.8. The van der Waals surface area contributed by atoms with E-state index < -0.39 is 0 Å². The fourth-order valence-corrected chi connectivity index (χ4v) is 4.37. The van der Waals surface area contributed by atoms with Gasteiger partial charge >= 0.3 is 0 Å². The Balaban J connectivity index is 1.56. The molecule has 1 amide bonds. The maximum Gasteiger partial charge on any atom is 0.253 e. The van der Waals surface area contributed by atoms with Gasteiger partial charge < -0.3 is 20.4 Å². The summed E-state index contributed by atoms with van der Waals surface area (Å²) < 4.78 is 5.31. The summed E-state index contributed by atoms with van der Waals surface area (Å²) in [4.78, 5) is 25.2. The average Bonchev–Trinajstić information content (AvgIpc) is 3.25. The van der Waals surface area contributed by atoms with Crippen LogP contribution in [-0.2, 0) is 5.41 Å². The Hall–Kier alpha value is -3.19. The Morgan fingerprint density at radius 3 is 2.83 bits per heavy atom. The summed E-state index contributed by atoms with van der Waals surface area (Å²) in [6.07, 6.45) is 3.75. The number of aromatic nitrogens is 3. The quantitative estimate of drug-likeness (QED) is 0.640. The van der Waals surface area contributed by atoms with Gasteiger partial charge in [0.1, 0.15) is 5.75 Å². The van der Waals surface area contributed by atoms with Crippen LogP contribution in [0.15, 0.2) is 42.6 Å². The maximum absolute atomic E-state index is 12.5. The molecule has 5 rings (SSSR count). The van der Waals surface area contributed by atoms with Crippen LogP contribution in [0.2, 0.25) is 0 Å². The highest BCUT2D eigenvalue weighted by atomic mass is 16.5. The van der Waals surface area contributed by atoms with Crippen LogP contribution in [0.5, 0.6) is 5.75 Å². The van der Waals surface area contributed by atoms with Gasteiger partial charge in [0.05, 0.1) is 24.1 Å². The molecule has 3 N–H and O–H groups in total.